The van der Waals surface area contributed by atoms with Crippen LogP contribution in [0.25, 0.3) is 21.9 Å². The molecule has 6 nitrogen and oxygen atoms in total. The monoisotopic (exact) mass is 318 g/mol. The summed E-state index contributed by atoms with van der Waals surface area (Å²) in [5, 5.41) is 10.4. The molecular weight excluding hydrogens is 309 g/mol. The van der Waals surface area contributed by atoms with E-state index in [1.54, 1.807) is 24.4 Å². The first-order chi connectivity index (χ1) is 11.0. The fraction of sp³-hybridized carbons (Fsp3) is 0.0714. The minimum atomic E-state index is -4.49. The van der Waals surface area contributed by atoms with Gasteiger partial charge in [-0.1, -0.05) is 0 Å². The molecule has 0 radical (unpaired) electrons. The predicted molar refractivity (Wildman–Crippen MR) is 78.3 cm³/mol. The second-order valence-corrected chi connectivity index (χ2v) is 4.94. The number of rotatable bonds is 2. The highest BCUT2D eigenvalue weighted by atomic mass is 19.4. The Kier molecular flexibility index (Phi) is 2.77. The van der Waals surface area contributed by atoms with Crippen molar-refractivity contribution in [3.05, 3.63) is 42.5 Å². The second-order valence-electron chi connectivity index (χ2n) is 4.94. The number of fused-ring (bicyclic) bond motifs is 2. The van der Waals surface area contributed by atoms with Crippen LogP contribution in [0, 0.1) is 0 Å². The molecule has 4 rings (SSSR count). The van der Waals surface area contributed by atoms with Crippen molar-refractivity contribution in [2.24, 2.45) is 0 Å². The zero-order chi connectivity index (χ0) is 16.0. The van der Waals surface area contributed by atoms with Crippen molar-refractivity contribution in [2.75, 3.05) is 5.32 Å². The lowest BCUT2D eigenvalue weighted by molar-refractivity contribution is -0.136. The summed E-state index contributed by atoms with van der Waals surface area (Å²) in [6, 6.07) is 5.28. The molecular formula is C14H9F3N6. The van der Waals surface area contributed by atoms with Crippen molar-refractivity contribution in [2.45, 2.75) is 6.18 Å². The molecule has 0 fully saturated rings. The largest absolute Gasteiger partial charge is 0.418 e. The Morgan fingerprint density at radius 3 is 2.83 bits per heavy atom. The van der Waals surface area contributed by atoms with E-state index in [-0.39, 0.29) is 16.9 Å². The molecule has 3 aromatic heterocycles. The van der Waals surface area contributed by atoms with Crippen LogP contribution in [0.15, 0.2) is 36.9 Å². The molecule has 0 atom stereocenters. The lowest BCUT2D eigenvalue weighted by atomic mass is 10.2. The van der Waals surface area contributed by atoms with Gasteiger partial charge in [-0.05, 0) is 18.2 Å². The molecule has 4 aromatic rings. The number of aromatic amines is 2. The number of nitrogens with one attached hydrogen (secondary N) is 3. The number of alkyl halides is 3. The van der Waals surface area contributed by atoms with Crippen molar-refractivity contribution in [1.29, 1.82) is 0 Å². The number of nitrogens with zero attached hydrogens (tertiary/aromatic N) is 3. The fourth-order valence-electron chi connectivity index (χ4n) is 2.44. The number of aromatic nitrogens is 5. The van der Waals surface area contributed by atoms with Gasteiger partial charge in [0.15, 0.2) is 0 Å². The summed E-state index contributed by atoms with van der Waals surface area (Å²) in [7, 11) is 0. The van der Waals surface area contributed by atoms with Crippen LogP contribution in [0.5, 0.6) is 0 Å². The summed E-state index contributed by atoms with van der Waals surface area (Å²) in [5.74, 6) is 0.0893. The van der Waals surface area contributed by atoms with Gasteiger partial charge in [0.1, 0.15) is 17.8 Å². The summed E-state index contributed by atoms with van der Waals surface area (Å²) in [6.07, 6.45) is -0.761. The van der Waals surface area contributed by atoms with Crippen molar-refractivity contribution >= 4 is 33.4 Å². The van der Waals surface area contributed by atoms with Gasteiger partial charge in [0.05, 0.1) is 22.7 Å². The van der Waals surface area contributed by atoms with Crippen LogP contribution in [-0.4, -0.2) is 25.1 Å². The van der Waals surface area contributed by atoms with Gasteiger partial charge >= 0.3 is 6.18 Å². The van der Waals surface area contributed by atoms with Gasteiger partial charge < -0.3 is 10.3 Å². The maximum Gasteiger partial charge on any atom is 0.418 e. The second kappa shape index (κ2) is 4.70. The standard InChI is InChI=1S/C14H9F3N6/c15-14(16,17)9-5-18-12-11(9)13(20-6-19-12)22-8-1-2-10-7(3-8)4-21-23-10/h1-6H,(H,21,23)(H2,18,19,20,22). The van der Waals surface area contributed by atoms with E-state index in [0.717, 1.165) is 17.1 Å². The Labute approximate surface area is 126 Å². The highest BCUT2D eigenvalue weighted by Crippen LogP contribution is 2.37. The maximum absolute atomic E-state index is 13.1. The molecule has 1 aromatic carbocycles. The molecule has 116 valence electrons. The molecule has 0 unspecified atom stereocenters. The van der Waals surface area contributed by atoms with Gasteiger partial charge in [-0.15, -0.1) is 0 Å². The first-order valence-electron chi connectivity index (χ1n) is 6.62. The molecule has 0 saturated heterocycles. The molecule has 0 saturated carbocycles. The topological polar surface area (TPSA) is 82.3 Å². The van der Waals surface area contributed by atoms with E-state index in [1.165, 1.54) is 6.33 Å². The summed E-state index contributed by atoms with van der Waals surface area (Å²) in [6.45, 7) is 0. The molecule has 0 amide bonds. The van der Waals surface area contributed by atoms with Crippen LogP contribution in [0.2, 0.25) is 0 Å². The van der Waals surface area contributed by atoms with E-state index < -0.39 is 11.7 Å². The van der Waals surface area contributed by atoms with Gasteiger partial charge in [-0.3, -0.25) is 5.10 Å². The van der Waals surface area contributed by atoms with E-state index in [4.69, 9.17) is 0 Å². The molecule has 3 heterocycles. The molecule has 0 aliphatic heterocycles. The molecule has 3 N–H and O–H groups in total. The summed E-state index contributed by atoms with van der Waals surface area (Å²) < 4.78 is 39.4. The van der Waals surface area contributed by atoms with Gasteiger partial charge in [-0.2, -0.15) is 18.3 Å². The summed E-state index contributed by atoms with van der Waals surface area (Å²) in [5.41, 5.74) is 0.758. The maximum atomic E-state index is 13.1. The van der Waals surface area contributed by atoms with Crippen LogP contribution in [-0.2, 0) is 6.18 Å². The number of benzene rings is 1. The Bertz CT molecular complexity index is 1000. The number of hydrogen-bond donors (Lipinski definition) is 3. The highest BCUT2D eigenvalue weighted by molar-refractivity contribution is 5.93. The number of hydrogen-bond acceptors (Lipinski definition) is 4. The van der Waals surface area contributed by atoms with E-state index in [0.29, 0.717) is 5.69 Å². The van der Waals surface area contributed by atoms with Crippen molar-refractivity contribution in [3.8, 4) is 0 Å². The van der Waals surface area contributed by atoms with Crippen molar-refractivity contribution in [3.63, 3.8) is 0 Å². The lowest BCUT2D eigenvalue weighted by Crippen LogP contribution is -2.05. The summed E-state index contributed by atoms with van der Waals surface area (Å²) in [4.78, 5) is 10.3. The molecule has 0 aliphatic carbocycles. The van der Waals surface area contributed by atoms with Crippen molar-refractivity contribution < 1.29 is 13.2 Å². The van der Waals surface area contributed by atoms with E-state index in [2.05, 4.69) is 30.5 Å². The first kappa shape index (κ1) is 13.6. The predicted octanol–water partition coefficient (Wildman–Crippen LogP) is 3.60. The molecule has 0 aliphatic rings. The molecule has 9 heteroatoms. The number of anilines is 2. The Morgan fingerprint density at radius 2 is 2.00 bits per heavy atom. The average Bonchev–Trinajstić information content (AvgIpc) is 3.12. The van der Waals surface area contributed by atoms with Gasteiger partial charge in [0.2, 0.25) is 0 Å². The minimum Gasteiger partial charge on any atom is -0.345 e. The van der Waals surface area contributed by atoms with Crippen LogP contribution >= 0.6 is 0 Å². The third-order valence-corrected chi connectivity index (χ3v) is 3.48. The van der Waals surface area contributed by atoms with E-state index >= 15 is 0 Å². The SMILES string of the molecule is FC(F)(F)c1c[nH]c2ncnc(Nc3ccc4[nH]ncc4c3)c12. The Hall–Kier alpha value is -3.10. The first-order valence-corrected chi connectivity index (χ1v) is 6.62. The number of H-pyrrole nitrogens is 2. The summed E-state index contributed by atoms with van der Waals surface area (Å²) >= 11 is 0. The van der Waals surface area contributed by atoms with Gasteiger partial charge in [-0.25, -0.2) is 9.97 Å². The highest BCUT2D eigenvalue weighted by Gasteiger charge is 2.35. The third kappa shape index (κ3) is 2.26. The zero-order valence-corrected chi connectivity index (χ0v) is 11.4. The smallest absolute Gasteiger partial charge is 0.345 e. The van der Waals surface area contributed by atoms with Gasteiger partial charge in [0, 0.05) is 17.3 Å². The van der Waals surface area contributed by atoms with Crippen LogP contribution in [0.4, 0.5) is 24.7 Å². The Balaban J connectivity index is 1.83. The van der Waals surface area contributed by atoms with Crippen LogP contribution in [0.3, 0.4) is 0 Å². The number of halogens is 3. The van der Waals surface area contributed by atoms with E-state index in [1.807, 2.05) is 0 Å². The Morgan fingerprint density at radius 1 is 1.13 bits per heavy atom. The minimum absolute atomic E-state index is 0.0893. The fourth-order valence-corrected chi connectivity index (χ4v) is 2.44. The average molecular weight is 318 g/mol. The molecule has 0 spiro atoms. The van der Waals surface area contributed by atoms with Gasteiger partial charge in [0.25, 0.3) is 0 Å². The molecule has 0 bridgehead atoms. The van der Waals surface area contributed by atoms with E-state index in [9.17, 15) is 13.2 Å². The zero-order valence-electron chi connectivity index (χ0n) is 11.4. The third-order valence-electron chi connectivity index (χ3n) is 3.48. The lowest BCUT2D eigenvalue weighted by Gasteiger charge is -2.09. The van der Waals surface area contributed by atoms with Crippen LogP contribution < -0.4 is 5.32 Å². The molecule has 23 heavy (non-hydrogen) atoms. The normalized spacial score (nSPS) is 12.1. The van der Waals surface area contributed by atoms with Crippen molar-refractivity contribution in [1.82, 2.24) is 25.1 Å². The van der Waals surface area contributed by atoms with Crippen LogP contribution in [0.1, 0.15) is 5.56 Å². The quantitative estimate of drug-likeness (QED) is 0.527.